The summed E-state index contributed by atoms with van der Waals surface area (Å²) in [6, 6.07) is 7.10. The number of aromatic amines is 1. The van der Waals surface area contributed by atoms with Crippen LogP contribution in [0.25, 0.3) is 0 Å². The molecule has 0 atom stereocenters. The summed E-state index contributed by atoms with van der Waals surface area (Å²) >= 11 is 0. The second-order valence-corrected chi connectivity index (χ2v) is 4.63. The van der Waals surface area contributed by atoms with Crippen LogP contribution < -0.4 is 10.1 Å². The molecule has 2 N–H and O–H groups in total. The van der Waals surface area contributed by atoms with Crippen LogP contribution >= 0.6 is 0 Å². The number of rotatable bonds is 6. The number of aromatic nitrogens is 3. The standard InChI is InChI=1S/C14H18N4O2/c1-10(2)20-12-5-3-11(4-6-12)14(19)15-8-7-13-16-9-17-18-13/h3-6,9-10H,7-8H2,1-2H3,(H,15,19)(H,16,17,18). The maximum atomic E-state index is 11.9. The summed E-state index contributed by atoms with van der Waals surface area (Å²) in [5.41, 5.74) is 0.610. The molecule has 0 unspecified atom stereocenters. The van der Waals surface area contributed by atoms with Gasteiger partial charge in [-0.2, -0.15) is 5.10 Å². The van der Waals surface area contributed by atoms with Gasteiger partial charge in [0.2, 0.25) is 0 Å². The number of ether oxygens (including phenoxy) is 1. The Morgan fingerprint density at radius 2 is 2.10 bits per heavy atom. The summed E-state index contributed by atoms with van der Waals surface area (Å²) in [7, 11) is 0. The smallest absolute Gasteiger partial charge is 0.251 e. The van der Waals surface area contributed by atoms with Crippen molar-refractivity contribution in [2.75, 3.05) is 6.54 Å². The fourth-order valence-electron chi connectivity index (χ4n) is 1.70. The number of hydrogen-bond acceptors (Lipinski definition) is 4. The van der Waals surface area contributed by atoms with Crippen LogP contribution in [0.5, 0.6) is 5.75 Å². The first-order valence-corrected chi connectivity index (χ1v) is 6.54. The van der Waals surface area contributed by atoms with Gasteiger partial charge in [0.1, 0.15) is 17.9 Å². The first-order chi connectivity index (χ1) is 9.65. The van der Waals surface area contributed by atoms with Gasteiger partial charge in [-0.3, -0.25) is 9.89 Å². The molecule has 106 valence electrons. The van der Waals surface area contributed by atoms with E-state index in [9.17, 15) is 4.79 Å². The highest BCUT2D eigenvalue weighted by molar-refractivity contribution is 5.94. The van der Waals surface area contributed by atoms with Gasteiger partial charge in [0, 0.05) is 18.5 Å². The van der Waals surface area contributed by atoms with Crippen LogP contribution in [0.15, 0.2) is 30.6 Å². The monoisotopic (exact) mass is 274 g/mol. The van der Waals surface area contributed by atoms with E-state index in [-0.39, 0.29) is 12.0 Å². The molecule has 0 saturated heterocycles. The minimum atomic E-state index is -0.111. The molecular formula is C14H18N4O2. The van der Waals surface area contributed by atoms with E-state index in [4.69, 9.17) is 4.74 Å². The molecule has 2 aromatic rings. The Labute approximate surface area is 117 Å². The molecule has 1 amide bonds. The molecule has 6 heteroatoms. The molecule has 0 fully saturated rings. The van der Waals surface area contributed by atoms with Gasteiger partial charge >= 0.3 is 0 Å². The van der Waals surface area contributed by atoms with Crippen molar-refractivity contribution in [2.24, 2.45) is 0 Å². The zero-order valence-corrected chi connectivity index (χ0v) is 11.6. The Balaban J connectivity index is 1.82. The SMILES string of the molecule is CC(C)Oc1ccc(C(=O)NCCc2ncn[nH]2)cc1. The van der Waals surface area contributed by atoms with Crippen molar-refractivity contribution in [1.82, 2.24) is 20.5 Å². The number of nitrogens with zero attached hydrogens (tertiary/aromatic N) is 2. The Bertz CT molecular complexity index is 535. The average Bonchev–Trinajstić information content (AvgIpc) is 2.92. The van der Waals surface area contributed by atoms with Crippen LogP contribution in [0.1, 0.15) is 30.0 Å². The second kappa shape index (κ2) is 6.70. The second-order valence-electron chi connectivity index (χ2n) is 4.63. The van der Waals surface area contributed by atoms with E-state index in [1.54, 1.807) is 24.3 Å². The van der Waals surface area contributed by atoms with Gasteiger partial charge in [-0.25, -0.2) is 4.98 Å². The van der Waals surface area contributed by atoms with Crippen molar-refractivity contribution in [3.8, 4) is 5.75 Å². The van der Waals surface area contributed by atoms with Gasteiger partial charge in [0.05, 0.1) is 6.10 Å². The highest BCUT2D eigenvalue weighted by atomic mass is 16.5. The van der Waals surface area contributed by atoms with Crippen LogP contribution in [-0.2, 0) is 6.42 Å². The molecule has 2 rings (SSSR count). The van der Waals surface area contributed by atoms with Crippen molar-refractivity contribution in [3.05, 3.63) is 42.0 Å². The molecule has 0 aliphatic carbocycles. The third-order valence-electron chi connectivity index (χ3n) is 2.60. The van der Waals surface area contributed by atoms with Crippen molar-refractivity contribution >= 4 is 5.91 Å². The van der Waals surface area contributed by atoms with Gasteiger partial charge in [0.25, 0.3) is 5.91 Å². The van der Waals surface area contributed by atoms with Gasteiger partial charge in [-0.1, -0.05) is 0 Å². The van der Waals surface area contributed by atoms with E-state index >= 15 is 0 Å². The van der Waals surface area contributed by atoms with Crippen LogP contribution in [0.4, 0.5) is 0 Å². The van der Waals surface area contributed by atoms with Crippen LogP contribution in [0, 0.1) is 0 Å². The third-order valence-corrected chi connectivity index (χ3v) is 2.60. The van der Waals surface area contributed by atoms with Crippen molar-refractivity contribution in [1.29, 1.82) is 0 Å². The van der Waals surface area contributed by atoms with E-state index in [0.29, 0.717) is 18.5 Å². The largest absolute Gasteiger partial charge is 0.491 e. The molecule has 1 aromatic heterocycles. The molecule has 20 heavy (non-hydrogen) atoms. The molecule has 6 nitrogen and oxygen atoms in total. The summed E-state index contributed by atoms with van der Waals surface area (Å²) in [6.07, 6.45) is 2.20. The number of nitrogens with one attached hydrogen (secondary N) is 2. The lowest BCUT2D eigenvalue weighted by Crippen LogP contribution is -2.25. The number of amides is 1. The third kappa shape index (κ3) is 4.08. The zero-order chi connectivity index (χ0) is 14.4. The van der Waals surface area contributed by atoms with Gasteiger partial charge < -0.3 is 10.1 Å². The first-order valence-electron chi connectivity index (χ1n) is 6.54. The lowest BCUT2D eigenvalue weighted by atomic mass is 10.2. The molecule has 0 radical (unpaired) electrons. The van der Waals surface area contributed by atoms with E-state index < -0.39 is 0 Å². The van der Waals surface area contributed by atoms with Crippen LogP contribution in [0.2, 0.25) is 0 Å². The number of carbonyl (C=O) groups excluding carboxylic acids is 1. The molecule has 0 aliphatic heterocycles. The molecular weight excluding hydrogens is 256 g/mol. The molecule has 0 spiro atoms. The molecule has 1 heterocycles. The average molecular weight is 274 g/mol. The maximum Gasteiger partial charge on any atom is 0.251 e. The Morgan fingerprint density at radius 1 is 1.35 bits per heavy atom. The summed E-state index contributed by atoms with van der Waals surface area (Å²) in [5.74, 6) is 1.41. The minimum Gasteiger partial charge on any atom is -0.491 e. The number of hydrogen-bond donors (Lipinski definition) is 2. The fraction of sp³-hybridized carbons (Fsp3) is 0.357. The van der Waals surface area contributed by atoms with E-state index in [0.717, 1.165) is 11.6 Å². The lowest BCUT2D eigenvalue weighted by Gasteiger charge is -2.10. The Morgan fingerprint density at radius 3 is 2.70 bits per heavy atom. The Kier molecular flexibility index (Phi) is 4.70. The summed E-state index contributed by atoms with van der Waals surface area (Å²) < 4.78 is 5.53. The normalized spacial score (nSPS) is 10.6. The predicted octanol–water partition coefficient (Wildman–Crippen LogP) is 1.56. The fourth-order valence-corrected chi connectivity index (χ4v) is 1.70. The van der Waals surface area contributed by atoms with Crippen molar-refractivity contribution in [2.45, 2.75) is 26.4 Å². The first kappa shape index (κ1) is 14.0. The molecule has 0 saturated carbocycles. The zero-order valence-electron chi connectivity index (χ0n) is 11.6. The van der Waals surface area contributed by atoms with Crippen LogP contribution in [-0.4, -0.2) is 33.7 Å². The number of H-pyrrole nitrogens is 1. The van der Waals surface area contributed by atoms with Crippen molar-refractivity contribution in [3.63, 3.8) is 0 Å². The van der Waals surface area contributed by atoms with Crippen LogP contribution in [0.3, 0.4) is 0 Å². The summed E-state index contributed by atoms with van der Waals surface area (Å²) in [4.78, 5) is 15.9. The van der Waals surface area contributed by atoms with Gasteiger partial charge in [0.15, 0.2) is 0 Å². The molecule has 0 aliphatic rings. The lowest BCUT2D eigenvalue weighted by molar-refractivity contribution is 0.0954. The molecule has 0 bridgehead atoms. The van der Waals surface area contributed by atoms with E-state index in [2.05, 4.69) is 20.5 Å². The van der Waals surface area contributed by atoms with Gasteiger partial charge in [-0.05, 0) is 38.1 Å². The van der Waals surface area contributed by atoms with Crippen molar-refractivity contribution < 1.29 is 9.53 Å². The van der Waals surface area contributed by atoms with E-state index in [1.165, 1.54) is 6.33 Å². The Hall–Kier alpha value is -2.37. The van der Waals surface area contributed by atoms with Gasteiger partial charge in [-0.15, -0.1) is 0 Å². The quantitative estimate of drug-likeness (QED) is 0.838. The highest BCUT2D eigenvalue weighted by Crippen LogP contribution is 2.13. The van der Waals surface area contributed by atoms with E-state index in [1.807, 2.05) is 13.8 Å². The molecule has 1 aromatic carbocycles. The predicted molar refractivity (Wildman–Crippen MR) is 74.6 cm³/mol. The maximum absolute atomic E-state index is 11.9. The summed E-state index contributed by atoms with van der Waals surface area (Å²) in [6.45, 7) is 4.44. The minimum absolute atomic E-state index is 0.111. The number of carbonyl (C=O) groups is 1. The highest BCUT2D eigenvalue weighted by Gasteiger charge is 2.06. The topological polar surface area (TPSA) is 79.9 Å². The number of benzene rings is 1. The summed E-state index contributed by atoms with van der Waals surface area (Å²) in [5, 5.41) is 9.33.